The van der Waals surface area contributed by atoms with Crippen molar-refractivity contribution in [2.45, 2.75) is 102 Å². The Kier molecular flexibility index (Phi) is 18.4. The van der Waals surface area contributed by atoms with Gasteiger partial charge in [0.2, 0.25) is 5.91 Å². The van der Waals surface area contributed by atoms with Crippen molar-refractivity contribution in [1.82, 2.24) is 34.8 Å². The summed E-state index contributed by atoms with van der Waals surface area (Å²) in [5.41, 5.74) is -4.81. The zero-order valence-corrected chi connectivity index (χ0v) is 43.0. The van der Waals surface area contributed by atoms with Crippen molar-refractivity contribution in [1.29, 1.82) is 0 Å². The number of nitrogens with one attached hydrogen (secondary N) is 1. The number of carbonyl (C=O) groups excluding carboxylic acids is 2. The zero-order valence-electron chi connectivity index (χ0n) is 39.7. The molecule has 0 bridgehead atoms. The highest BCUT2D eigenvalue weighted by Gasteiger charge is 2.50. The maximum Gasteiger partial charge on any atom is 0.435 e. The number of fused-ring (bicyclic) bond motifs is 2. The maximum atomic E-state index is 15.1. The minimum Gasteiger partial charge on any atom is -0.346 e. The summed E-state index contributed by atoms with van der Waals surface area (Å²) in [6, 6.07) is 4.92. The van der Waals surface area contributed by atoms with E-state index in [2.05, 4.69) is 45.0 Å². The van der Waals surface area contributed by atoms with E-state index in [1.807, 2.05) is 13.8 Å². The summed E-state index contributed by atoms with van der Waals surface area (Å²) in [4.78, 5) is 33.9. The molecule has 72 heavy (non-hydrogen) atoms. The number of urea groups is 1. The van der Waals surface area contributed by atoms with Crippen molar-refractivity contribution < 1.29 is 61.9 Å². The molecule has 0 radical (unpaired) electrons. The Morgan fingerprint density at radius 3 is 2.11 bits per heavy atom. The van der Waals surface area contributed by atoms with Gasteiger partial charge in [0.25, 0.3) is 5.92 Å². The molecular weight excluding hydrogens is 1050 g/mol. The number of aromatic nitrogens is 5. The molecule has 4 heterocycles. The van der Waals surface area contributed by atoms with Crippen LogP contribution in [0.5, 0.6) is 0 Å². The van der Waals surface area contributed by atoms with Crippen LogP contribution in [0.4, 0.5) is 54.5 Å². The number of pyridine rings is 1. The maximum absolute atomic E-state index is 15.1. The van der Waals surface area contributed by atoms with Gasteiger partial charge < -0.3 is 10.2 Å². The summed E-state index contributed by atoms with van der Waals surface area (Å²) in [5.74, 6) is -2.16. The first kappa shape index (κ1) is 57.7. The molecule has 3 atom stereocenters. The molecule has 1 fully saturated rings. The van der Waals surface area contributed by atoms with Gasteiger partial charge in [-0.2, -0.15) is 62.3 Å². The van der Waals surface area contributed by atoms with Gasteiger partial charge in [0.15, 0.2) is 11.5 Å². The highest BCUT2D eigenvalue weighted by molar-refractivity contribution is 7.86. The van der Waals surface area contributed by atoms with Crippen LogP contribution in [0, 0.1) is 23.5 Å². The van der Waals surface area contributed by atoms with Crippen LogP contribution < -0.4 is 9.62 Å². The van der Waals surface area contributed by atoms with Gasteiger partial charge in [-0.3, -0.25) is 18.4 Å². The fourth-order valence-electron chi connectivity index (χ4n) is 8.03. The lowest BCUT2D eigenvalue weighted by Crippen LogP contribution is -2.43. The second kappa shape index (κ2) is 22.9. The molecule has 26 heteroatoms. The fourth-order valence-corrected chi connectivity index (χ4v) is 9.17. The first-order valence-corrected chi connectivity index (χ1v) is 26.3. The van der Waals surface area contributed by atoms with E-state index in [1.165, 1.54) is 35.4 Å². The molecule has 1 aliphatic heterocycles. The van der Waals surface area contributed by atoms with Gasteiger partial charge in [-0.05, 0) is 87.6 Å². The van der Waals surface area contributed by atoms with Crippen LogP contribution in [0.1, 0.15) is 86.9 Å². The molecule has 0 spiro atoms. The van der Waals surface area contributed by atoms with E-state index >= 15 is 8.78 Å². The normalized spacial score (nSPS) is 15.6. The van der Waals surface area contributed by atoms with Crippen molar-refractivity contribution >= 4 is 74.7 Å². The third-order valence-corrected chi connectivity index (χ3v) is 14.0. The second-order valence-corrected chi connectivity index (χ2v) is 20.1. The molecule has 0 saturated carbocycles. The standard InChI is InChI=1S/C43H39ClF10N8O4S2.C2H6.CH4S/c1-40(2,67(3)65)13-11-26-7-8-27(28-9-10-30(44)33-35(28)61(22-42(49,50)51)58-38(33)62(68(4)66)39(64)59-15-5-6-16-59)34(55-26)31(19-23-17-24(45)20-25(46)18-23)56-32(63)21-60-37-29(12-14-41(37,47)48)36(57-60)43(52,53)54;2*1-2/h7-10,17-18,20,31H,5-6,12,14-16,19,21-22H2,1-4H3,(H,56,63);1-2H3;2H,1H3. The molecule has 1 N–H and O–H groups in total. The summed E-state index contributed by atoms with van der Waals surface area (Å²) >= 11 is 10.3. The van der Waals surface area contributed by atoms with Crippen LogP contribution in [0.3, 0.4) is 0 Å². The minimum absolute atomic E-state index is 0.107. The SMILES string of the molecule is CC.CS.CS(=O)N(C(=O)N1CCCC1)c1nn(CC(F)(F)F)c2c(-c3ccc(C#CC(C)(C)S(C)=O)nc3C(Cc3cc(F)cc(F)c3)NC(=O)Cn3nc(C(F)(F)F)c4c3C(F)(F)CC4)ccc(Cl)c12. The van der Waals surface area contributed by atoms with Crippen molar-refractivity contribution in [2.75, 3.05) is 36.2 Å². The van der Waals surface area contributed by atoms with Gasteiger partial charge in [0.05, 0.1) is 27.7 Å². The van der Waals surface area contributed by atoms with Crippen molar-refractivity contribution in [2.24, 2.45) is 0 Å². The third-order valence-electron chi connectivity index (χ3n) is 11.3. The van der Waals surface area contributed by atoms with Gasteiger partial charge in [-0.1, -0.05) is 37.4 Å². The highest BCUT2D eigenvalue weighted by Crippen LogP contribution is 2.47. The Balaban J connectivity index is 0.00000235. The smallest absolute Gasteiger partial charge is 0.346 e. The van der Waals surface area contributed by atoms with Gasteiger partial charge in [0.1, 0.15) is 51.8 Å². The molecule has 2 aliphatic rings. The second-order valence-electron chi connectivity index (χ2n) is 16.6. The van der Waals surface area contributed by atoms with E-state index in [4.69, 9.17) is 11.6 Å². The van der Waals surface area contributed by atoms with E-state index in [1.54, 1.807) is 20.1 Å². The number of carbonyl (C=O) groups is 2. The average Bonchev–Trinajstić information content (AvgIpc) is 4.09. The molecular formula is C46H49ClF10N8O4S3. The number of rotatable bonds is 11. The summed E-state index contributed by atoms with van der Waals surface area (Å²) < 4.78 is 171. The lowest BCUT2D eigenvalue weighted by atomic mass is 9.93. The molecule has 392 valence electrons. The van der Waals surface area contributed by atoms with Crippen molar-refractivity contribution in [3.63, 3.8) is 0 Å². The number of nitrogens with zero attached hydrogens (tertiary/aromatic N) is 7. The Hall–Kier alpha value is -5.19. The van der Waals surface area contributed by atoms with E-state index < -0.39 is 135 Å². The van der Waals surface area contributed by atoms with Gasteiger partial charge in [-0.15, -0.1) is 0 Å². The highest BCUT2D eigenvalue weighted by atomic mass is 35.5. The number of alkyl halides is 8. The number of hydrogen-bond acceptors (Lipinski definition) is 8. The largest absolute Gasteiger partial charge is 0.435 e. The summed E-state index contributed by atoms with van der Waals surface area (Å²) in [5, 5.41) is 9.49. The molecule has 1 aliphatic carbocycles. The zero-order chi connectivity index (χ0) is 53.8. The number of hydrogen-bond donors (Lipinski definition) is 2. The Labute approximate surface area is 423 Å². The topological polar surface area (TPSA) is 135 Å². The number of anilines is 1. The van der Waals surface area contributed by atoms with E-state index in [0.29, 0.717) is 27.9 Å². The van der Waals surface area contributed by atoms with Crippen LogP contribution in [0.15, 0.2) is 42.5 Å². The summed E-state index contributed by atoms with van der Waals surface area (Å²) in [6.07, 6.45) is -7.06. The van der Waals surface area contributed by atoms with Crippen LogP contribution in [0.25, 0.3) is 22.0 Å². The van der Waals surface area contributed by atoms with Crippen LogP contribution >= 0.6 is 24.2 Å². The molecule has 3 unspecified atom stereocenters. The summed E-state index contributed by atoms with van der Waals surface area (Å²) in [7, 11) is -3.77. The Bertz CT molecular complexity index is 2930. The molecule has 1 saturated heterocycles. The Morgan fingerprint density at radius 2 is 1.54 bits per heavy atom. The minimum atomic E-state index is -5.18. The predicted molar refractivity (Wildman–Crippen MR) is 258 cm³/mol. The van der Waals surface area contributed by atoms with Crippen molar-refractivity contribution in [3.8, 4) is 23.0 Å². The van der Waals surface area contributed by atoms with E-state index in [9.17, 15) is 53.1 Å². The number of likely N-dealkylation sites (tertiary alicyclic amines) is 1. The predicted octanol–water partition coefficient (Wildman–Crippen LogP) is 10.3. The molecule has 2 aromatic carbocycles. The Morgan fingerprint density at radius 1 is 0.931 bits per heavy atom. The molecule has 3 amide bonds. The quantitative estimate of drug-likeness (QED) is 0.0764. The summed E-state index contributed by atoms with van der Waals surface area (Å²) in [6.45, 7) is 4.57. The van der Waals surface area contributed by atoms with E-state index in [0.717, 1.165) is 18.4 Å². The number of halogens is 11. The number of benzene rings is 2. The third kappa shape index (κ3) is 12.9. The van der Waals surface area contributed by atoms with Gasteiger partial charge in [-0.25, -0.2) is 22.8 Å². The van der Waals surface area contributed by atoms with Crippen LogP contribution in [0.2, 0.25) is 5.02 Å². The number of amides is 3. The van der Waals surface area contributed by atoms with Crippen LogP contribution in [-0.4, -0.2) is 92.6 Å². The molecule has 3 aromatic heterocycles. The first-order valence-electron chi connectivity index (χ1n) is 22.0. The average molecular weight is 1100 g/mol. The van der Waals surface area contributed by atoms with E-state index in [-0.39, 0.29) is 56.3 Å². The van der Waals surface area contributed by atoms with Gasteiger partial charge in [0, 0.05) is 65.6 Å². The van der Waals surface area contributed by atoms with Gasteiger partial charge >= 0.3 is 18.4 Å². The van der Waals surface area contributed by atoms with Crippen molar-refractivity contribution in [3.05, 3.63) is 93.0 Å². The molecule has 7 rings (SSSR count). The molecule has 12 nitrogen and oxygen atoms in total. The lowest BCUT2D eigenvalue weighted by Gasteiger charge is -2.24. The first-order chi connectivity index (χ1) is 33.6. The monoisotopic (exact) mass is 1100 g/mol. The molecule has 5 aromatic rings. The lowest BCUT2D eigenvalue weighted by molar-refractivity contribution is -0.142. The fraction of sp³-hybridized carbons (Fsp3) is 0.457. The number of thiol groups is 1. The van der Waals surface area contributed by atoms with Crippen LogP contribution in [-0.2, 0) is 64.6 Å².